The molecule has 0 spiro atoms. The second-order valence-corrected chi connectivity index (χ2v) is 2.88. The predicted octanol–water partition coefficient (Wildman–Crippen LogP) is 0.0386. The van der Waals surface area contributed by atoms with Crippen LogP contribution in [0.2, 0.25) is 0 Å². The lowest BCUT2D eigenvalue weighted by molar-refractivity contribution is -0.491. The maximum atomic E-state index is 10.1. The van der Waals surface area contributed by atoms with Crippen molar-refractivity contribution in [1.82, 2.24) is 9.55 Å². The van der Waals surface area contributed by atoms with Gasteiger partial charge in [-0.05, 0) is 6.92 Å². The van der Waals surface area contributed by atoms with Crippen LogP contribution in [0.3, 0.4) is 0 Å². The van der Waals surface area contributed by atoms with Crippen molar-refractivity contribution < 1.29 is 10.0 Å². The van der Waals surface area contributed by atoms with Crippen LogP contribution < -0.4 is 0 Å². The molecule has 0 amide bonds. The van der Waals surface area contributed by atoms with Crippen molar-refractivity contribution in [1.29, 1.82) is 0 Å². The Bertz CT molecular complexity index is 321. The van der Waals surface area contributed by atoms with E-state index in [4.69, 9.17) is 0 Å². The van der Waals surface area contributed by atoms with Crippen LogP contribution in [0.1, 0.15) is 17.6 Å². The van der Waals surface area contributed by atoms with Gasteiger partial charge in [-0.3, -0.25) is 10.1 Å². The summed E-state index contributed by atoms with van der Waals surface area (Å²) in [5.74, 6) is 0.328. The Kier molecular flexibility index (Phi) is 2.62. The number of nitro groups is 1. The Morgan fingerprint density at radius 2 is 2.46 bits per heavy atom. The zero-order chi connectivity index (χ0) is 10.0. The molecule has 72 valence electrons. The monoisotopic (exact) mass is 185 g/mol. The topological polar surface area (TPSA) is 81.2 Å². The first-order chi connectivity index (χ1) is 6.00. The number of aliphatic hydroxyl groups is 1. The molecule has 0 saturated carbocycles. The fourth-order valence-corrected chi connectivity index (χ4v) is 1.17. The average Bonchev–Trinajstić information content (AvgIpc) is 2.28. The van der Waals surface area contributed by atoms with Crippen molar-refractivity contribution in [3.8, 4) is 0 Å². The molecule has 6 nitrogen and oxygen atoms in total. The highest BCUT2D eigenvalue weighted by molar-refractivity contribution is 5.03. The highest BCUT2D eigenvalue weighted by atomic mass is 16.6. The van der Waals surface area contributed by atoms with E-state index in [2.05, 4.69) is 4.98 Å². The molecule has 1 aromatic rings. The van der Waals surface area contributed by atoms with E-state index in [-0.39, 0.29) is 0 Å². The zero-order valence-electron chi connectivity index (χ0n) is 7.47. The number of hydrogen-bond donors (Lipinski definition) is 1. The number of nitrogens with zero attached hydrogens (tertiary/aromatic N) is 3. The molecule has 1 rings (SSSR count). The molecule has 1 heterocycles. The minimum Gasteiger partial charge on any atom is -0.379 e. The first-order valence-corrected chi connectivity index (χ1v) is 3.80. The molecular formula is C7H11N3O3. The molecule has 1 N–H and O–H groups in total. The number of hydrogen-bond acceptors (Lipinski definition) is 4. The van der Waals surface area contributed by atoms with E-state index in [1.165, 1.54) is 0 Å². The van der Waals surface area contributed by atoms with E-state index in [1.54, 1.807) is 24.7 Å². The van der Waals surface area contributed by atoms with Crippen molar-refractivity contribution >= 4 is 0 Å². The van der Waals surface area contributed by atoms with Crippen LogP contribution in [0.15, 0.2) is 6.20 Å². The van der Waals surface area contributed by atoms with Crippen molar-refractivity contribution in [3.05, 3.63) is 27.8 Å². The molecule has 13 heavy (non-hydrogen) atoms. The van der Waals surface area contributed by atoms with Crippen LogP contribution >= 0.6 is 0 Å². The summed E-state index contributed by atoms with van der Waals surface area (Å²) < 4.78 is 1.59. The van der Waals surface area contributed by atoms with Gasteiger partial charge in [-0.25, -0.2) is 4.98 Å². The van der Waals surface area contributed by atoms with Crippen molar-refractivity contribution in [2.24, 2.45) is 7.05 Å². The number of rotatable bonds is 3. The Labute approximate surface area is 75.0 Å². The fraction of sp³-hybridized carbons (Fsp3) is 0.571. The van der Waals surface area contributed by atoms with E-state index >= 15 is 0 Å². The molecule has 6 heteroatoms. The van der Waals surface area contributed by atoms with Gasteiger partial charge in [-0.2, -0.15) is 0 Å². The van der Waals surface area contributed by atoms with Gasteiger partial charge >= 0.3 is 0 Å². The second-order valence-electron chi connectivity index (χ2n) is 2.88. The Morgan fingerprint density at radius 3 is 2.85 bits per heavy atom. The fourth-order valence-electron chi connectivity index (χ4n) is 1.17. The molecular weight excluding hydrogens is 174 g/mol. The van der Waals surface area contributed by atoms with Crippen molar-refractivity contribution in [2.45, 2.75) is 13.0 Å². The summed E-state index contributed by atoms with van der Waals surface area (Å²) >= 11 is 0. The molecule has 1 aromatic heterocycles. The van der Waals surface area contributed by atoms with Gasteiger partial charge in [-0.1, -0.05) is 0 Å². The van der Waals surface area contributed by atoms with Crippen LogP contribution in [0.4, 0.5) is 0 Å². The smallest absolute Gasteiger partial charge is 0.236 e. The first-order valence-electron chi connectivity index (χ1n) is 3.80. The van der Waals surface area contributed by atoms with Gasteiger partial charge in [0.15, 0.2) is 6.10 Å². The number of aromatic nitrogens is 2. The minimum absolute atomic E-state index is 0.328. The van der Waals surface area contributed by atoms with Gasteiger partial charge in [0.1, 0.15) is 5.82 Å². The highest BCUT2D eigenvalue weighted by Crippen LogP contribution is 2.11. The van der Waals surface area contributed by atoms with E-state index in [0.29, 0.717) is 5.82 Å². The molecule has 1 atom stereocenters. The summed E-state index contributed by atoms with van der Waals surface area (Å²) in [6.07, 6.45) is 0.576. The molecule has 0 aliphatic rings. The Morgan fingerprint density at radius 1 is 1.85 bits per heavy atom. The quantitative estimate of drug-likeness (QED) is 0.532. The van der Waals surface area contributed by atoms with Gasteiger partial charge in [0.2, 0.25) is 6.54 Å². The van der Waals surface area contributed by atoms with Crippen LogP contribution in [0.25, 0.3) is 0 Å². The first kappa shape index (κ1) is 9.66. The summed E-state index contributed by atoms with van der Waals surface area (Å²) in [6.45, 7) is 1.26. The summed E-state index contributed by atoms with van der Waals surface area (Å²) in [7, 11) is 1.69. The van der Waals surface area contributed by atoms with Gasteiger partial charge in [0.05, 0.1) is 5.69 Å². The van der Waals surface area contributed by atoms with Crippen LogP contribution in [-0.4, -0.2) is 26.1 Å². The number of aliphatic hydroxyl groups excluding tert-OH is 1. The molecule has 0 radical (unpaired) electrons. The van der Waals surface area contributed by atoms with Gasteiger partial charge in [0, 0.05) is 18.2 Å². The highest BCUT2D eigenvalue weighted by Gasteiger charge is 2.18. The molecule has 1 unspecified atom stereocenters. The number of aryl methyl sites for hydroxylation is 2. The van der Waals surface area contributed by atoms with Crippen LogP contribution in [-0.2, 0) is 7.05 Å². The van der Waals surface area contributed by atoms with E-state index in [0.717, 1.165) is 5.69 Å². The van der Waals surface area contributed by atoms with Crippen molar-refractivity contribution in [2.75, 3.05) is 6.54 Å². The van der Waals surface area contributed by atoms with Crippen LogP contribution in [0.5, 0.6) is 0 Å². The molecule has 0 fully saturated rings. The van der Waals surface area contributed by atoms with E-state index in [1.807, 2.05) is 0 Å². The van der Waals surface area contributed by atoms with Crippen LogP contribution in [0, 0.1) is 17.0 Å². The summed E-state index contributed by atoms with van der Waals surface area (Å²) in [5.41, 5.74) is 0.736. The lowest BCUT2D eigenvalue weighted by atomic mass is 10.3. The Hall–Kier alpha value is -1.43. The third-order valence-electron chi connectivity index (χ3n) is 1.65. The maximum absolute atomic E-state index is 10.1. The Balaban J connectivity index is 2.81. The third kappa shape index (κ3) is 2.25. The van der Waals surface area contributed by atoms with Crippen molar-refractivity contribution in [3.63, 3.8) is 0 Å². The average molecular weight is 185 g/mol. The summed E-state index contributed by atoms with van der Waals surface area (Å²) in [6, 6.07) is 0. The third-order valence-corrected chi connectivity index (χ3v) is 1.65. The standard InChI is InChI=1S/C7H11N3O3/c1-5-3-9(2)7(8-5)6(11)4-10(12)13/h3,6,11H,4H2,1-2H3. The summed E-state index contributed by atoms with van der Waals surface area (Å²) in [5, 5.41) is 19.5. The van der Waals surface area contributed by atoms with Gasteiger partial charge in [-0.15, -0.1) is 0 Å². The molecule has 0 aliphatic carbocycles. The van der Waals surface area contributed by atoms with Gasteiger partial charge in [0.25, 0.3) is 0 Å². The largest absolute Gasteiger partial charge is 0.379 e. The minimum atomic E-state index is -1.13. The lowest BCUT2D eigenvalue weighted by Crippen LogP contribution is -2.15. The SMILES string of the molecule is Cc1cn(C)c(C(O)C[N+](=O)[O-])n1. The molecule has 0 saturated heterocycles. The molecule has 0 aromatic carbocycles. The molecule has 0 bridgehead atoms. The lowest BCUT2D eigenvalue weighted by Gasteiger charge is -2.04. The van der Waals surface area contributed by atoms with E-state index in [9.17, 15) is 15.2 Å². The normalized spacial score (nSPS) is 12.8. The number of imidazole rings is 1. The van der Waals surface area contributed by atoms with E-state index < -0.39 is 17.6 Å². The molecule has 0 aliphatic heterocycles. The zero-order valence-corrected chi connectivity index (χ0v) is 7.47. The second kappa shape index (κ2) is 3.53. The summed E-state index contributed by atoms with van der Waals surface area (Å²) in [4.78, 5) is 13.5. The van der Waals surface area contributed by atoms with Gasteiger partial charge < -0.3 is 9.67 Å². The predicted molar refractivity (Wildman–Crippen MR) is 44.8 cm³/mol. The maximum Gasteiger partial charge on any atom is 0.236 e.